The van der Waals surface area contributed by atoms with E-state index >= 15 is 0 Å². The molecule has 0 saturated heterocycles. The Morgan fingerprint density at radius 2 is 0.866 bits per heavy atom. The molecule has 0 aliphatic carbocycles. The largest absolute Gasteiger partial charge is 0.456 e. The maximum absolute atomic E-state index is 6.40. The van der Waals surface area contributed by atoms with Gasteiger partial charge in [-0.25, -0.2) is 9.97 Å². The smallest absolute Gasteiger partial charge is 0.136 e. The molecule has 4 heterocycles. The van der Waals surface area contributed by atoms with Crippen molar-refractivity contribution in [2.45, 2.75) is 0 Å². The van der Waals surface area contributed by atoms with Crippen molar-refractivity contribution < 1.29 is 4.42 Å². The van der Waals surface area contributed by atoms with E-state index in [1.54, 1.807) is 0 Å². The molecule has 0 radical (unpaired) electrons. The molecule has 0 amide bonds. The minimum Gasteiger partial charge on any atom is -0.456 e. The van der Waals surface area contributed by atoms with Gasteiger partial charge in [-0.2, -0.15) is 0 Å². The van der Waals surface area contributed by atoms with E-state index in [1.165, 1.54) is 54.1 Å². The summed E-state index contributed by atoms with van der Waals surface area (Å²) in [6.07, 6.45) is 0. The van der Waals surface area contributed by atoms with E-state index in [4.69, 9.17) is 14.4 Å². The molecule has 0 bridgehead atoms. The molecule has 0 atom stereocenters. The lowest BCUT2D eigenvalue weighted by atomic mass is 9.95. The molecule has 0 aliphatic heterocycles. The first-order valence-corrected chi connectivity index (χ1v) is 22.8. The molecule has 0 saturated carbocycles. The summed E-state index contributed by atoms with van der Waals surface area (Å²) in [5.41, 5.74) is 14.0. The maximum atomic E-state index is 6.40. The molecule has 15 aromatic rings. The number of hydrogen-bond acceptors (Lipinski definition) is 3. The van der Waals surface area contributed by atoms with Gasteiger partial charge in [-0.1, -0.05) is 152 Å². The third-order valence-corrected chi connectivity index (χ3v) is 14.1. The van der Waals surface area contributed by atoms with Gasteiger partial charge >= 0.3 is 0 Å². The van der Waals surface area contributed by atoms with Crippen molar-refractivity contribution >= 4 is 109 Å². The van der Waals surface area contributed by atoms with Crippen LogP contribution in [0, 0.1) is 0 Å². The quantitative estimate of drug-likeness (QED) is 0.177. The van der Waals surface area contributed by atoms with Gasteiger partial charge in [-0.05, 0) is 88.3 Å². The zero-order valence-electron chi connectivity index (χ0n) is 36.0. The van der Waals surface area contributed by atoms with E-state index in [2.05, 4.69) is 191 Å². The second kappa shape index (κ2) is 13.7. The summed E-state index contributed by atoms with van der Waals surface area (Å²) in [4.78, 5) is 10.9. The monoisotopic (exact) mass is 852 g/mol. The van der Waals surface area contributed by atoms with Crippen LogP contribution in [-0.2, 0) is 0 Å². The minimum atomic E-state index is 0.822. The highest BCUT2D eigenvalue weighted by molar-refractivity contribution is 6.23. The highest BCUT2D eigenvalue weighted by atomic mass is 16.3. The molecule has 15 rings (SSSR count). The molecule has 5 nitrogen and oxygen atoms in total. The summed E-state index contributed by atoms with van der Waals surface area (Å²) in [5.74, 6) is 0. The molecular weight excluding hydrogens is 817 g/mol. The van der Waals surface area contributed by atoms with Crippen LogP contribution in [0.1, 0.15) is 0 Å². The SMILES string of the molecule is c1cc(-n2c3ccccc3c3c4ccccc4ccc32)c2cc3c(cc2c1)c1ccccc1n3-c1cccc2c(-c3nc4ccccc4nc3-c3cccc4oc5ccccc5c34)cccc12. The Balaban J connectivity index is 0.999. The predicted octanol–water partition coefficient (Wildman–Crippen LogP) is 16.5. The van der Waals surface area contributed by atoms with E-state index in [1.807, 2.05) is 36.4 Å². The van der Waals surface area contributed by atoms with Crippen LogP contribution in [0.2, 0.25) is 0 Å². The number of furan rings is 1. The number of aromatic nitrogens is 4. The Labute approximate surface area is 383 Å². The third kappa shape index (κ3) is 5.14. The van der Waals surface area contributed by atoms with Gasteiger partial charge in [0, 0.05) is 54.2 Å². The average molecular weight is 853 g/mol. The van der Waals surface area contributed by atoms with Crippen molar-refractivity contribution in [3.63, 3.8) is 0 Å². The second-order valence-electron chi connectivity index (χ2n) is 17.6. The van der Waals surface area contributed by atoms with Crippen molar-refractivity contribution in [3.05, 3.63) is 218 Å². The number of rotatable bonds is 4. The number of fused-ring (bicyclic) bond motifs is 14. The van der Waals surface area contributed by atoms with Gasteiger partial charge in [0.15, 0.2) is 0 Å². The zero-order chi connectivity index (χ0) is 43.7. The van der Waals surface area contributed by atoms with Gasteiger partial charge < -0.3 is 13.6 Å². The van der Waals surface area contributed by atoms with E-state index < -0.39 is 0 Å². The van der Waals surface area contributed by atoms with Gasteiger partial charge in [-0.15, -0.1) is 0 Å². The van der Waals surface area contributed by atoms with Gasteiger partial charge in [0.1, 0.15) is 11.2 Å². The van der Waals surface area contributed by atoms with E-state index in [-0.39, 0.29) is 0 Å². The van der Waals surface area contributed by atoms with Crippen LogP contribution in [-0.4, -0.2) is 19.1 Å². The summed E-state index contributed by atoms with van der Waals surface area (Å²) < 4.78 is 11.3. The molecule has 5 heteroatoms. The van der Waals surface area contributed by atoms with Crippen LogP contribution in [0.5, 0.6) is 0 Å². The summed E-state index contributed by atoms with van der Waals surface area (Å²) >= 11 is 0. The fourth-order valence-corrected chi connectivity index (χ4v) is 11.2. The third-order valence-electron chi connectivity index (χ3n) is 14.1. The topological polar surface area (TPSA) is 48.8 Å². The van der Waals surface area contributed by atoms with Crippen molar-refractivity contribution in [2.24, 2.45) is 0 Å². The Kier molecular flexibility index (Phi) is 7.44. The van der Waals surface area contributed by atoms with Crippen LogP contribution in [0.4, 0.5) is 0 Å². The van der Waals surface area contributed by atoms with E-state index in [9.17, 15) is 0 Å². The molecular formula is C62H36N4O. The van der Waals surface area contributed by atoms with Crippen LogP contribution < -0.4 is 0 Å². The molecule has 0 aliphatic rings. The zero-order valence-corrected chi connectivity index (χ0v) is 36.0. The Morgan fingerprint density at radius 1 is 0.299 bits per heavy atom. The first-order chi connectivity index (χ1) is 33.2. The summed E-state index contributed by atoms with van der Waals surface area (Å²) in [7, 11) is 0. The van der Waals surface area contributed by atoms with Crippen molar-refractivity contribution in [2.75, 3.05) is 0 Å². The average Bonchev–Trinajstić information content (AvgIpc) is 4.05. The lowest BCUT2D eigenvalue weighted by Gasteiger charge is -2.17. The molecule has 4 aromatic heterocycles. The highest BCUT2D eigenvalue weighted by Crippen LogP contribution is 2.45. The van der Waals surface area contributed by atoms with Gasteiger partial charge in [0.2, 0.25) is 0 Å². The second-order valence-corrected chi connectivity index (χ2v) is 17.6. The number of nitrogens with zero attached hydrogens (tertiary/aromatic N) is 4. The van der Waals surface area contributed by atoms with Crippen LogP contribution in [0.25, 0.3) is 143 Å². The first kappa shape index (κ1) is 36.3. The van der Waals surface area contributed by atoms with Gasteiger partial charge in [-0.3, -0.25) is 0 Å². The fourth-order valence-electron chi connectivity index (χ4n) is 11.2. The number of hydrogen-bond donors (Lipinski definition) is 0. The highest BCUT2D eigenvalue weighted by Gasteiger charge is 2.23. The summed E-state index contributed by atoms with van der Waals surface area (Å²) in [6, 6.07) is 78.5. The lowest BCUT2D eigenvalue weighted by molar-refractivity contribution is 0.669. The minimum absolute atomic E-state index is 0.822. The van der Waals surface area contributed by atoms with Crippen LogP contribution in [0.3, 0.4) is 0 Å². The predicted molar refractivity (Wildman–Crippen MR) is 279 cm³/mol. The van der Waals surface area contributed by atoms with Crippen LogP contribution in [0.15, 0.2) is 223 Å². The molecule has 0 unspecified atom stereocenters. The summed E-state index contributed by atoms with van der Waals surface area (Å²) in [6.45, 7) is 0. The Morgan fingerprint density at radius 3 is 1.72 bits per heavy atom. The maximum Gasteiger partial charge on any atom is 0.136 e. The molecule has 67 heavy (non-hydrogen) atoms. The number of benzene rings is 11. The summed E-state index contributed by atoms with van der Waals surface area (Å²) in [5, 5.41) is 14.2. The molecule has 0 spiro atoms. The standard InChI is InChI=1S/C62H36N4O/c1-2-17-39-37(15-1)33-34-55-59(39)44-19-4-9-28-53(44)65(55)54-29-11-16-38-35-48-42-18-3-8-27-51(42)66(56(48)36-47(38)54)52-30-13-21-40-41(52)22-12-23-43(40)61-62(64-50-26-7-6-25-49(50)63-61)46-24-14-32-58-60(46)45-20-5-10-31-57(45)67-58/h1-36H. The molecule has 11 aromatic carbocycles. The fraction of sp³-hybridized carbons (Fsp3) is 0. The van der Waals surface area contributed by atoms with Gasteiger partial charge in [0.05, 0.1) is 55.9 Å². The van der Waals surface area contributed by atoms with E-state index in [0.29, 0.717) is 0 Å². The first-order valence-electron chi connectivity index (χ1n) is 22.8. The Bertz CT molecular complexity index is 4590. The van der Waals surface area contributed by atoms with Gasteiger partial charge in [0.25, 0.3) is 0 Å². The van der Waals surface area contributed by atoms with E-state index in [0.717, 1.165) is 88.7 Å². The van der Waals surface area contributed by atoms with Crippen molar-refractivity contribution in [3.8, 4) is 33.9 Å². The Hall–Kier alpha value is -9.06. The normalized spacial score (nSPS) is 12.2. The lowest BCUT2D eigenvalue weighted by Crippen LogP contribution is -1.99. The molecule has 0 N–H and O–H groups in total. The van der Waals surface area contributed by atoms with Crippen LogP contribution >= 0.6 is 0 Å². The molecule has 0 fully saturated rings. The number of para-hydroxylation sites is 5. The molecule has 310 valence electrons. The van der Waals surface area contributed by atoms with Crippen molar-refractivity contribution in [1.82, 2.24) is 19.1 Å². The van der Waals surface area contributed by atoms with Crippen molar-refractivity contribution in [1.29, 1.82) is 0 Å².